The minimum atomic E-state index is -5.08. The number of nitrogens with two attached hydrogens (primary N) is 2. The Hall–Kier alpha value is -5.35. The molecule has 0 radical (unpaired) electrons. The Kier molecular flexibility index (Phi) is 14.5. The number of carbonyl (C=O) groups excluding carboxylic acids is 1. The molecule has 0 fully saturated rings. The summed E-state index contributed by atoms with van der Waals surface area (Å²) in [5.41, 5.74) is 15.9. The minimum absolute atomic E-state index is 0.0224. The highest BCUT2D eigenvalue weighted by molar-refractivity contribution is 5.95. The van der Waals surface area contributed by atoms with E-state index in [0.717, 1.165) is 29.5 Å². The van der Waals surface area contributed by atoms with Gasteiger partial charge in [-0.2, -0.15) is 26.3 Å². The van der Waals surface area contributed by atoms with E-state index >= 15 is 0 Å². The second kappa shape index (κ2) is 17.2. The lowest BCUT2D eigenvalue weighted by Gasteiger charge is -2.06. The average molecular weight is 660 g/mol. The summed E-state index contributed by atoms with van der Waals surface area (Å²) in [6.07, 6.45) is -4.07. The predicted molar refractivity (Wildman–Crippen MR) is 154 cm³/mol. The number of esters is 1. The number of amidine groups is 2. The van der Waals surface area contributed by atoms with Gasteiger partial charge in [0.05, 0.1) is 12.2 Å². The lowest BCUT2D eigenvalue weighted by molar-refractivity contribution is -0.193. The quantitative estimate of drug-likeness (QED) is 0.0578. The summed E-state index contributed by atoms with van der Waals surface area (Å²) in [4.78, 5) is 30.5. The summed E-state index contributed by atoms with van der Waals surface area (Å²) < 4.78 is 70.9. The number of nitrogens with zero attached hydrogens (tertiary/aromatic N) is 1. The minimum Gasteiger partial charge on any atom is -0.475 e. The molecule has 8 N–H and O–H groups in total. The lowest BCUT2D eigenvalue weighted by Crippen LogP contribution is -2.21. The number of carboxylic acid groups (broad SMARTS) is 2. The maximum Gasteiger partial charge on any atom is 0.490 e. The smallest absolute Gasteiger partial charge is 0.475 e. The number of rotatable bonds is 10. The topological polar surface area (TPSA) is 206 Å². The first kappa shape index (κ1) is 38.7. The van der Waals surface area contributed by atoms with E-state index < -0.39 is 24.3 Å². The van der Waals surface area contributed by atoms with Gasteiger partial charge in [-0.05, 0) is 35.6 Å². The van der Waals surface area contributed by atoms with E-state index in [1.807, 2.05) is 47.3 Å². The number of aromatic nitrogens is 1. The summed E-state index contributed by atoms with van der Waals surface area (Å²) in [6, 6.07) is 14.9. The fourth-order valence-corrected chi connectivity index (χ4v) is 3.43. The number of halogens is 6. The summed E-state index contributed by atoms with van der Waals surface area (Å²) in [5.74, 6) is -5.80. The van der Waals surface area contributed by atoms with Crippen LogP contribution in [-0.4, -0.2) is 63.3 Å². The first-order valence-electron chi connectivity index (χ1n) is 13.1. The van der Waals surface area contributed by atoms with Crippen LogP contribution >= 0.6 is 0 Å². The first-order chi connectivity index (χ1) is 21.3. The van der Waals surface area contributed by atoms with E-state index in [2.05, 4.69) is 6.92 Å². The second-order valence-corrected chi connectivity index (χ2v) is 9.37. The van der Waals surface area contributed by atoms with E-state index in [9.17, 15) is 31.1 Å². The zero-order valence-corrected chi connectivity index (χ0v) is 24.2. The van der Waals surface area contributed by atoms with Crippen LogP contribution in [-0.2, 0) is 27.3 Å². The molecule has 0 saturated heterocycles. The zero-order chi connectivity index (χ0) is 35.2. The van der Waals surface area contributed by atoms with Crippen LogP contribution in [0.2, 0.25) is 0 Å². The van der Waals surface area contributed by atoms with Gasteiger partial charge in [-0.3, -0.25) is 10.8 Å². The van der Waals surface area contributed by atoms with E-state index in [1.54, 1.807) is 18.2 Å². The van der Waals surface area contributed by atoms with Crippen molar-refractivity contribution in [3.05, 3.63) is 94.3 Å². The molecule has 0 spiro atoms. The van der Waals surface area contributed by atoms with Crippen molar-refractivity contribution in [2.24, 2.45) is 11.5 Å². The van der Waals surface area contributed by atoms with Gasteiger partial charge >= 0.3 is 30.3 Å². The third kappa shape index (κ3) is 13.5. The van der Waals surface area contributed by atoms with Crippen LogP contribution in [0.15, 0.2) is 60.9 Å². The maximum absolute atomic E-state index is 12.8. The lowest BCUT2D eigenvalue weighted by atomic mass is 10.0. The number of benzene rings is 2. The van der Waals surface area contributed by atoms with Crippen molar-refractivity contribution >= 4 is 29.6 Å². The van der Waals surface area contributed by atoms with Gasteiger partial charge in [0.1, 0.15) is 11.7 Å². The van der Waals surface area contributed by atoms with Crippen LogP contribution in [0.1, 0.15) is 57.9 Å². The van der Waals surface area contributed by atoms with Crippen molar-refractivity contribution in [3.63, 3.8) is 0 Å². The maximum atomic E-state index is 12.8. The Bertz CT molecular complexity index is 1490. The second-order valence-electron chi connectivity index (χ2n) is 9.37. The highest BCUT2D eigenvalue weighted by atomic mass is 19.4. The molecule has 2 aromatic carbocycles. The van der Waals surface area contributed by atoms with Crippen LogP contribution in [0.3, 0.4) is 0 Å². The molecule has 0 atom stereocenters. The molecule has 11 nitrogen and oxygen atoms in total. The largest absolute Gasteiger partial charge is 0.490 e. The molecule has 0 aliphatic heterocycles. The molecule has 0 unspecified atom stereocenters. The molecule has 3 aromatic rings. The summed E-state index contributed by atoms with van der Waals surface area (Å²) in [7, 11) is 0. The molecule has 17 heteroatoms. The van der Waals surface area contributed by atoms with Gasteiger partial charge in [0, 0.05) is 30.1 Å². The molecule has 0 aliphatic carbocycles. The average Bonchev–Trinajstić information content (AvgIpc) is 3.35. The number of hydrogen-bond donors (Lipinski definition) is 6. The van der Waals surface area contributed by atoms with Crippen LogP contribution in [0.25, 0.3) is 0 Å². The third-order valence-electron chi connectivity index (χ3n) is 5.66. The molecule has 0 bridgehead atoms. The molecule has 3 rings (SSSR count). The molecule has 250 valence electrons. The van der Waals surface area contributed by atoms with Crippen molar-refractivity contribution in [1.82, 2.24) is 4.57 Å². The highest BCUT2D eigenvalue weighted by Gasteiger charge is 2.38. The molecule has 0 aliphatic rings. The van der Waals surface area contributed by atoms with E-state index in [1.165, 1.54) is 0 Å². The number of hydrogen-bond acceptors (Lipinski definition) is 6. The highest BCUT2D eigenvalue weighted by Crippen LogP contribution is 2.20. The number of ether oxygens (including phenoxy) is 1. The van der Waals surface area contributed by atoms with Gasteiger partial charge in [0.2, 0.25) is 0 Å². The van der Waals surface area contributed by atoms with Crippen molar-refractivity contribution in [2.45, 2.75) is 45.1 Å². The van der Waals surface area contributed by atoms with Crippen molar-refractivity contribution in [1.29, 1.82) is 10.8 Å². The standard InChI is InChI=1S/C25H29N5O2.2C2HF3O2/c1-2-3-11-32-25(31)22-16-30(14-18-5-4-6-20(13-18)24(28)29)15-21(22)12-17-7-9-19(10-8-17)23(26)27;2*3-2(4,5)1(6)7/h4-10,13,15-16H,2-3,11-12,14H2,1H3,(H3,26,27)(H3,28,29);2*(H,6,7). The fourth-order valence-electron chi connectivity index (χ4n) is 3.43. The van der Waals surface area contributed by atoms with Crippen molar-refractivity contribution in [2.75, 3.05) is 6.61 Å². The number of carbonyl (C=O) groups is 3. The van der Waals surface area contributed by atoms with Gasteiger partial charge in [0.25, 0.3) is 0 Å². The van der Waals surface area contributed by atoms with Gasteiger partial charge in [0.15, 0.2) is 0 Å². The normalized spacial score (nSPS) is 10.8. The number of unbranched alkanes of at least 4 members (excludes halogenated alkanes) is 1. The zero-order valence-electron chi connectivity index (χ0n) is 24.2. The van der Waals surface area contributed by atoms with Gasteiger partial charge in [-0.25, -0.2) is 14.4 Å². The number of nitrogens with one attached hydrogen (secondary N) is 2. The van der Waals surface area contributed by atoms with Gasteiger partial charge in [-0.15, -0.1) is 0 Å². The number of aliphatic carboxylic acids is 2. The summed E-state index contributed by atoms with van der Waals surface area (Å²) >= 11 is 0. The molecule has 0 saturated carbocycles. The predicted octanol–water partition coefficient (Wildman–Crippen LogP) is 4.92. The number of alkyl halides is 6. The summed E-state index contributed by atoms with van der Waals surface area (Å²) in [6.45, 7) is 2.99. The molecular formula is C29H31F6N5O6. The Morgan fingerprint density at radius 3 is 1.80 bits per heavy atom. The fraction of sp³-hybridized carbons (Fsp3) is 0.276. The monoisotopic (exact) mass is 659 g/mol. The van der Waals surface area contributed by atoms with Crippen molar-refractivity contribution < 1.29 is 55.7 Å². The van der Waals surface area contributed by atoms with E-state index in [4.69, 9.17) is 46.8 Å². The van der Waals surface area contributed by atoms with Gasteiger partial charge < -0.3 is 31.0 Å². The number of carboxylic acids is 2. The van der Waals surface area contributed by atoms with Crippen LogP contribution in [0.5, 0.6) is 0 Å². The molecule has 1 aromatic heterocycles. The van der Waals surface area contributed by atoms with E-state index in [-0.39, 0.29) is 17.6 Å². The van der Waals surface area contributed by atoms with Crippen LogP contribution in [0.4, 0.5) is 26.3 Å². The first-order valence-corrected chi connectivity index (χ1v) is 13.1. The SMILES string of the molecule is CCCCOC(=O)c1cn(Cc2cccc(C(=N)N)c2)cc1Cc1ccc(C(=N)N)cc1.O=C(O)C(F)(F)F.O=C(O)C(F)(F)F. The third-order valence-corrected chi connectivity index (χ3v) is 5.66. The molecule has 1 heterocycles. The Labute approximate surface area is 258 Å². The Morgan fingerprint density at radius 2 is 1.35 bits per heavy atom. The van der Waals surface area contributed by atoms with Gasteiger partial charge in [-0.1, -0.05) is 55.8 Å². The van der Waals surface area contributed by atoms with Crippen LogP contribution < -0.4 is 11.5 Å². The summed E-state index contributed by atoms with van der Waals surface area (Å²) in [5, 5.41) is 29.4. The number of nitrogen functional groups attached to an aromatic ring is 2. The van der Waals surface area contributed by atoms with E-state index in [0.29, 0.717) is 36.3 Å². The van der Waals surface area contributed by atoms with Crippen molar-refractivity contribution in [3.8, 4) is 0 Å². The Morgan fingerprint density at radius 1 is 0.826 bits per heavy atom. The molecule has 46 heavy (non-hydrogen) atoms. The Balaban J connectivity index is 0.000000629. The van der Waals surface area contributed by atoms with Crippen LogP contribution in [0, 0.1) is 10.8 Å². The molecular weight excluding hydrogens is 628 g/mol. The molecule has 0 amide bonds.